The average Bonchev–Trinajstić information content (AvgIpc) is 3.82. The minimum absolute atomic E-state index is 0.0278. The van der Waals surface area contributed by atoms with E-state index >= 15 is 0 Å². The summed E-state index contributed by atoms with van der Waals surface area (Å²) >= 11 is 1.13. The van der Waals surface area contributed by atoms with Crippen molar-refractivity contribution in [2.75, 3.05) is 37.8 Å². The molecule has 1 aliphatic rings. The molecule has 30 heteroatoms. The van der Waals surface area contributed by atoms with Crippen LogP contribution >= 0.6 is 35.2 Å². The number of nitrogens with two attached hydrogens (primary N) is 1. The van der Waals surface area contributed by atoms with Gasteiger partial charge in [-0.2, -0.15) is 4.31 Å². The van der Waals surface area contributed by atoms with Gasteiger partial charge in [-0.25, -0.2) is 28.6 Å². The molecule has 7 atom stereocenters. The molecule has 26 nitrogen and oxygen atoms in total. The van der Waals surface area contributed by atoms with Crippen molar-refractivity contribution in [3.8, 4) is 0 Å². The van der Waals surface area contributed by atoms with Gasteiger partial charge in [-0.15, -0.1) is 0 Å². The van der Waals surface area contributed by atoms with Crippen LogP contribution in [0.2, 0.25) is 0 Å². The number of thioether (sulfide) groups is 1. The minimum Gasteiger partial charge on any atom is -0.481 e. The van der Waals surface area contributed by atoms with Gasteiger partial charge < -0.3 is 56.0 Å². The molecular weight excluding hydrogens is 995 g/mol. The maximum Gasteiger partial charge on any atom is 0.481 e. The standard InChI is InChI=1S/C39H66N7O19P3S/c1-39(2,34(52)37(53)42-20-19-28(47)41-21-22-69-30(50)18-16-14-12-10-8-6-4-3-5-7-9-11-13-15-17-29(48)49)24-62-68(59,60)65-67(57,58)61-23-27-33(64-66(54,55)56)32(51)38(63-27)46-26-45-31-35(40)43-25-44-36(31)46/h3-4,25-27,32-34,38,51-52H,5-24H2,1-2H3,(H,41,47)(H,42,53)(H,48,49)(H,57,58)(H,59,60)(H2,40,43,44)(H2,54,55,56)/b4-3-/t27-,32-,33-,34+,38-/m1/s1. The molecule has 0 aromatic carbocycles. The molecular formula is C39H66N7O19P3S. The molecule has 0 aliphatic carbocycles. The summed E-state index contributed by atoms with van der Waals surface area (Å²) in [6.07, 6.45) is 10.2. The third kappa shape index (κ3) is 22.8. The first-order valence-electron chi connectivity index (χ1n) is 22.3. The summed E-state index contributed by atoms with van der Waals surface area (Å²) in [7, 11) is -16.4. The van der Waals surface area contributed by atoms with Crippen LogP contribution in [0.15, 0.2) is 24.8 Å². The number of hydrogen-bond donors (Lipinski definition) is 10. The first-order chi connectivity index (χ1) is 32.4. The maximum atomic E-state index is 12.7. The number of hydrogen-bond acceptors (Lipinski definition) is 19. The van der Waals surface area contributed by atoms with Crippen LogP contribution in [0.1, 0.15) is 116 Å². The summed E-state index contributed by atoms with van der Waals surface area (Å²) in [6.45, 7) is 0.498. The summed E-state index contributed by atoms with van der Waals surface area (Å²) < 4.78 is 62.4. The van der Waals surface area contributed by atoms with E-state index in [1.54, 1.807) is 0 Å². The topological polar surface area (TPSA) is 401 Å². The van der Waals surface area contributed by atoms with Crippen LogP contribution in [-0.2, 0) is 55.5 Å². The summed E-state index contributed by atoms with van der Waals surface area (Å²) in [6, 6.07) is 0. The first-order valence-corrected chi connectivity index (χ1v) is 27.8. The second kappa shape index (κ2) is 29.3. The number of allylic oxidation sites excluding steroid dienone is 2. The number of anilines is 1. The number of nitrogens with one attached hydrogen (secondary N) is 2. The number of phosphoric acid groups is 3. The van der Waals surface area contributed by atoms with Gasteiger partial charge in [-0.1, -0.05) is 76.3 Å². The number of aliphatic hydroxyl groups excluding tert-OH is 2. The highest BCUT2D eigenvalue weighted by Crippen LogP contribution is 2.61. The van der Waals surface area contributed by atoms with Crippen LogP contribution in [0.25, 0.3) is 11.2 Å². The van der Waals surface area contributed by atoms with Gasteiger partial charge in [0.2, 0.25) is 11.8 Å². The summed E-state index contributed by atoms with van der Waals surface area (Å²) in [4.78, 5) is 98.9. The van der Waals surface area contributed by atoms with E-state index in [0.717, 1.165) is 106 Å². The van der Waals surface area contributed by atoms with Crippen LogP contribution in [0, 0.1) is 5.41 Å². The molecule has 392 valence electrons. The molecule has 3 rings (SSSR count). The van der Waals surface area contributed by atoms with Crippen LogP contribution in [0.4, 0.5) is 5.82 Å². The Morgan fingerprint density at radius 1 is 0.870 bits per heavy atom. The van der Waals surface area contributed by atoms with E-state index in [1.807, 2.05) is 0 Å². The molecule has 1 saturated heterocycles. The lowest BCUT2D eigenvalue weighted by molar-refractivity contribution is -0.137. The number of fused-ring (bicyclic) bond motifs is 1. The number of aromatic nitrogens is 4. The number of carbonyl (C=O) groups is 4. The van der Waals surface area contributed by atoms with E-state index in [4.69, 9.17) is 24.6 Å². The maximum absolute atomic E-state index is 12.7. The lowest BCUT2D eigenvalue weighted by Gasteiger charge is -2.30. The number of carboxylic acid groups (broad SMARTS) is 1. The van der Waals surface area contributed by atoms with Gasteiger partial charge >= 0.3 is 29.4 Å². The molecule has 0 bridgehead atoms. The Bertz CT molecular complexity index is 2150. The quantitative estimate of drug-likeness (QED) is 0.0267. The fourth-order valence-electron chi connectivity index (χ4n) is 6.73. The molecule has 2 aromatic rings. The van der Waals surface area contributed by atoms with E-state index in [-0.39, 0.29) is 48.0 Å². The van der Waals surface area contributed by atoms with E-state index in [0.29, 0.717) is 12.2 Å². The van der Waals surface area contributed by atoms with Gasteiger partial charge in [0.15, 0.2) is 22.8 Å². The second-order valence-corrected chi connectivity index (χ2v) is 22.2. The highest BCUT2D eigenvalue weighted by molar-refractivity contribution is 8.13. The van der Waals surface area contributed by atoms with Crippen molar-refractivity contribution >= 4 is 75.1 Å². The highest BCUT2D eigenvalue weighted by atomic mass is 32.2. The number of phosphoric ester groups is 3. The predicted octanol–water partition coefficient (Wildman–Crippen LogP) is 3.77. The first kappa shape index (κ1) is 60.1. The molecule has 2 amide bonds. The predicted molar refractivity (Wildman–Crippen MR) is 249 cm³/mol. The molecule has 0 spiro atoms. The molecule has 69 heavy (non-hydrogen) atoms. The second-order valence-electron chi connectivity index (χ2n) is 16.8. The molecule has 2 unspecified atom stereocenters. The van der Waals surface area contributed by atoms with Gasteiger partial charge in [-0.3, -0.25) is 37.3 Å². The Kier molecular flexibility index (Phi) is 25.5. The summed E-state index contributed by atoms with van der Waals surface area (Å²) in [5.41, 5.74) is 4.26. The van der Waals surface area contributed by atoms with Gasteiger partial charge in [-0.05, 0) is 38.5 Å². The molecule has 0 radical (unpaired) electrons. The van der Waals surface area contributed by atoms with Crippen molar-refractivity contribution < 1.29 is 90.4 Å². The zero-order valence-electron chi connectivity index (χ0n) is 38.5. The van der Waals surface area contributed by atoms with Gasteiger partial charge in [0.25, 0.3) is 0 Å². The fraction of sp³-hybridized carbons (Fsp3) is 0.718. The van der Waals surface area contributed by atoms with Crippen molar-refractivity contribution in [1.82, 2.24) is 30.2 Å². The molecule has 2 aromatic heterocycles. The number of nitrogen functional groups attached to an aromatic ring is 1. The fourth-order valence-corrected chi connectivity index (χ4v) is 10.3. The van der Waals surface area contributed by atoms with E-state index in [1.165, 1.54) is 13.8 Å². The Morgan fingerprint density at radius 3 is 2.12 bits per heavy atom. The van der Waals surface area contributed by atoms with Gasteiger partial charge in [0.05, 0.1) is 19.5 Å². The lowest BCUT2D eigenvalue weighted by atomic mass is 9.87. The zero-order chi connectivity index (χ0) is 51.3. The third-order valence-corrected chi connectivity index (χ3v) is 14.5. The van der Waals surface area contributed by atoms with Crippen molar-refractivity contribution in [3.05, 3.63) is 24.8 Å². The Balaban J connectivity index is 1.28. The molecule has 1 aliphatic heterocycles. The monoisotopic (exact) mass is 1060 g/mol. The van der Waals surface area contributed by atoms with Crippen molar-refractivity contribution in [2.45, 2.75) is 141 Å². The number of rotatable bonds is 35. The Morgan fingerprint density at radius 2 is 1.48 bits per heavy atom. The largest absolute Gasteiger partial charge is 0.481 e. The number of carbonyl (C=O) groups excluding carboxylic acids is 3. The SMILES string of the molecule is CC(C)(COP(=O)(O)OP(=O)(O)OC[C@H]1O[C@@H](n2cnc3c(N)ncnc32)[C@H](O)[C@@H]1OP(=O)(O)O)[C@@H](O)C(=O)NCCC(=O)NCCSC(=O)CCCCCCC/C=C\CCCCCCCC(=O)O. The summed E-state index contributed by atoms with van der Waals surface area (Å²) in [5.74, 6) is -1.82. The Hall–Kier alpha value is -3.23. The van der Waals surface area contributed by atoms with E-state index in [2.05, 4.69) is 46.6 Å². The minimum atomic E-state index is -5.58. The molecule has 11 N–H and O–H groups in total. The number of imidazole rings is 1. The van der Waals surface area contributed by atoms with Crippen LogP contribution in [0.3, 0.4) is 0 Å². The molecule has 3 heterocycles. The number of unbranched alkanes of at least 4 members (excludes halogenated alkanes) is 10. The summed E-state index contributed by atoms with van der Waals surface area (Å²) in [5, 5.41) is 35.2. The number of aliphatic hydroxyl groups is 2. The Labute approximate surface area is 403 Å². The third-order valence-electron chi connectivity index (χ3n) is 10.4. The van der Waals surface area contributed by atoms with Crippen molar-refractivity contribution in [1.29, 1.82) is 0 Å². The smallest absolute Gasteiger partial charge is 0.481 e. The molecule has 1 fully saturated rings. The number of carboxylic acids is 1. The normalized spacial score (nSPS) is 19.9. The number of nitrogens with zero attached hydrogens (tertiary/aromatic N) is 4. The van der Waals surface area contributed by atoms with Crippen LogP contribution in [0.5, 0.6) is 0 Å². The van der Waals surface area contributed by atoms with Crippen molar-refractivity contribution in [2.24, 2.45) is 5.41 Å². The highest BCUT2D eigenvalue weighted by Gasteiger charge is 2.50. The van der Waals surface area contributed by atoms with Crippen LogP contribution in [-0.4, -0.2) is 134 Å². The lowest BCUT2D eigenvalue weighted by Crippen LogP contribution is -2.46. The number of aliphatic carboxylic acids is 1. The number of ether oxygens (including phenoxy) is 1. The van der Waals surface area contributed by atoms with E-state index in [9.17, 15) is 62.7 Å². The number of amides is 2. The zero-order valence-corrected chi connectivity index (χ0v) is 42.0. The van der Waals surface area contributed by atoms with E-state index < -0.39 is 90.5 Å². The average molecular weight is 1060 g/mol. The van der Waals surface area contributed by atoms with Gasteiger partial charge in [0.1, 0.15) is 36.3 Å². The van der Waals surface area contributed by atoms with Crippen molar-refractivity contribution in [3.63, 3.8) is 0 Å². The van der Waals surface area contributed by atoms with Gasteiger partial charge in [0, 0.05) is 43.5 Å². The molecule has 0 saturated carbocycles. The van der Waals surface area contributed by atoms with Crippen LogP contribution < -0.4 is 16.4 Å².